The SMILES string of the molecule is CCCNC(C=C(C)C)c1ccc(F)c(Br)c1. The van der Waals surface area contributed by atoms with Crippen molar-refractivity contribution in [3.63, 3.8) is 0 Å². The molecule has 1 aromatic carbocycles. The minimum Gasteiger partial charge on any atom is -0.307 e. The average molecular weight is 300 g/mol. The number of rotatable bonds is 5. The van der Waals surface area contributed by atoms with Crippen LogP contribution in [0, 0.1) is 5.82 Å². The predicted molar refractivity (Wildman–Crippen MR) is 74.6 cm³/mol. The van der Waals surface area contributed by atoms with Crippen LogP contribution < -0.4 is 5.32 Å². The summed E-state index contributed by atoms with van der Waals surface area (Å²) >= 11 is 3.23. The molecule has 1 unspecified atom stereocenters. The molecule has 0 heterocycles. The topological polar surface area (TPSA) is 12.0 Å². The third-order valence-corrected chi connectivity index (χ3v) is 3.02. The highest BCUT2D eigenvalue weighted by molar-refractivity contribution is 9.10. The molecule has 1 rings (SSSR count). The van der Waals surface area contributed by atoms with Gasteiger partial charge in [0.05, 0.1) is 10.5 Å². The minimum atomic E-state index is -0.222. The highest BCUT2D eigenvalue weighted by Crippen LogP contribution is 2.23. The van der Waals surface area contributed by atoms with Crippen molar-refractivity contribution in [2.45, 2.75) is 33.2 Å². The van der Waals surface area contributed by atoms with E-state index < -0.39 is 0 Å². The number of hydrogen-bond donors (Lipinski definition) is 1. The summed E-state index contributed by atoms with van der Waals surface area (Å²) in [6.45, 7) is 7.22. The van der Waals surface area contributed by atoms with E-state index in [1.165, 1.54) is 11.6 Å². The number of hydrogen-bond acceptors (Lipinski definition) is 1. The normalized spacial score (nSPS) is 12.3. The Hall–Kier alpha value is -0.670. The zero-order chi connectivity index (χ0) is 12.8. The molecular weight excluding hydrogens is 281 g/mol. The molecule has 1 N–H and O–H groups in total. The lowest BCUT2D eigenvalue weighted by molar-refractivity contribution is 0.599. The summed E-state index contributed by atoms with van der Waals surface area (Å²) in [6, 6.07) is 5.31. The van der Waals surface area contributed by atoms with Crippen molar-refractivity contribution in [1.82, 2.24) is 5.32 Å². The van der Waals surface area contributed by atoms with Gasteiger partial charge in [-0.2, -0.15) is 0 Å². The van der Waals surface area contributed by atoms with Crippen LogP contribution in [-0.2, 0) is 0 Å². The Balaban J connectivity index is 2.95. The summed E-state index contributed by atoms with van der Waals surface area (Å²) in [6.07, 6.45) is 3.24. The second-order valence-electron chi connectivity index (χ2n) is 4.35. The molecule has 0 amide bonds. The molecule has 0 spiro atoms. The molecule has 1 nitrogen and oxygen atoms in total. The highest BCUT2D eigenvalue weighted by atomic mass is 79.9. The van der Waals surface area contributed by atoms with Crippen molar-refractivity contribution in [3.8, 4) is 0 Å². The lowest BCUT2D eigenvalue weighted by Gasteiger charge is -2.16. The molecule has 3 heteroatoms. The van der Waals surface area contributed by atoms with Gasteiger partial charge in [0.25, 0.3) is 0 Å². The third-order valence-electron chi connectivity index (χ3n) is 2.42. The van der Waals surface area contributed by atoms with Gasteiger partial charge < -0.3 is 5.32 Å². The maximum absolute atomic E-state index is 13.2. The first-order valence-corrected chi connectivity index (χ1v) is 6.67. The molecule has 0 saturated carbocycles. The second kappa shape index (κ2) is 6.92. The van der Waals surface area contributed by atoms with E-state index in [9.17, 15) is 4.39 Å². The van der Waals surface area contributed by atoms with E-state index >= 15 is 0 Å². The van der Waals surface area contributed by atoms with Gasteiger partial charge in [-0.25, -0.2) is 4.39 Å². The minimum absolute atomic E-state index is 0.150. The van der Waals surface area contributed by atoms with Crippen molar-refractivity contribution in [2.75, 3.05) is 6.54 Å². The van der Waals surface area contributed by atoms with Crippen LogP contribution in [0.15, 0.2) is 34.3 Å². The summed E-state index contributed by atoms with van der Waals surface area (Å²) in [7, 11) is 0. The molecule has 0 radical (unpaired) electrons. The predicted octanol–water partition coefficient (Wildman–Crippen LogP) is 4.60. The Bertz CT molecular complexity index is 397. The van der Waals surface area contributed by atoms with Gasteiger partial charge in [0.2, 0.25) is 0 Å². The Morgan fingerprint density at radius 3 is 2.71 bits per heavy atom. The van der Waals surface area contributed by atoms with Crippen LogP contribution in [-0.4, -0.2) is 6.54 Å². The van der Waals surface area contributed by atoms with E-state index in [2.05, 4.69) is 48.1 Å². The number of halogens is 2. The van der Waals surface area contributed by atoms with Crippen LogP contribution in [0.2, 0.25) is 0 Å². The van der Waals surface area contributed by atoms with E-state index in [0.717, 1.165) is 18.5 Å². The molecule has 0 saturated heterocycles. The van der Waals surface area contributed by atoms with Crippen molar-refractivity contribution in [1.29, 1.82) is 0 Å². The Labute approximate surface area is 111 Å². The lowest BCUT2D eigenvalue weighted by atomic mass is 10.0. The van der Waals surface area contributed by atoms with Crippen LogP contribution >= 0.6 is 15.9 Å². The third kappa shape index (κ3) is 4.60. The fourth-order valence-corrected chi connectivity index (χ4v) is 2.01. The molecule has 17 heavy (non-hydrogen) atoms. The van der Waals surface area contributed by atoms with Gasteiger partial charge in [-0.15, -0.1) is 0 Å². The van der Waals surface area contributed by atoms with Gasteiger partial charge in [0.1, 0.15) is 5.82 Å². The van der Waals surface area contributed by atoms with Crippen LogP contribution in [0.4, 0.5) is 4.39 Å². The molecule has 0 bridgehead atoms. The van der Waals surface area contributed by atoms with E-state index in [0.29, 0.717) is 4.47 Å². The van der Waals surface area contributed by atoms with Gasteiger partial charge >= 0.3 is 0 Å². The fourth-order valence-electron chi connectivity index (χ4n) is 1.61. The summed E-state index contributed by atoms with van der Waals surface area (Å²) < 4.78 is 13.7. The standard InChI is InChI=1S/C14H19BrFN/c1-4-7-17-14(8-10(2)3)11-5-6-13(16)12(15)9-11/h5-6,8-9,14,17H,4,7H2,1-3H3. The molecule has 0 aromatic heterocycles. The van der Waals surface area contributed by atoms with Crippen LogP contribution in [0.25, 0.3) is 0 Å². The van der Waals surface area contributed by atoms with Crippen molar-refractivity contribution in [2.24, 2.45) is 0 Å². The molecule has 1 atom stereocenters. The summed E-state index contributed by atoms with van der Waals surface area (Å²) in [5.41, 5.74) is 2.33. The summed E-state index contributed by atoms with van der Waals surface area (Å²) in [5.74, 6) is -0.222. The van der Waals surface area contributed by atoms with Gasteiger partial charge in [-0.1, -0.05) is 24.6 Å². The first-order chi connectivity index (χ1) is 8.04. The molecule has 0 aliphatic carbocycles. The van der Waals surface area contributed by atoms with Gasteiger partial charge in [-0.05, 0) is 60.4 Å². The van der Waals surface area contributed by atoms with Gasteiger partial charge in [0.15, 0.2) is 0 Å². The first kappa shape index (κ1) is 14.4. The summed E-state index contributed by atoms with van der Waals surface area (Å²) in [5, 5.41) is 3.44. The van der Waals surface area contributed by atoms with Gasteiger partial charge in [-0.3, -0.25) is 0 Å². The van der Waals surface area contributed by atoms with Crippen molar-refractivity contribution >= 4 is 15.9 Å². The smallest absolute Gasteiger partial charge is 0.137 e. The van der Waals surface area contributed by atoms with E-state index in [4.69, 9.17) is 0 Å². The van der Waals surface area contributed by atoms with Crippen LogP contribution in [0.3, 0.4) is 0 Å². The highest BCUT2D eigenvalue weighted by Gasteiger charge is 2.09. The van der Waals surface area contributed by atoms with Gasteiger partial charge in [0, 0.05) is 0 Å². The maximum atomic E-state index is 13.2. The largest absolute Gasteiger partial charge is 0.307 e. The Morgan fingerprint density at radius 2 is 2.18 bits per heavy atom. The molecular formula is C14H19BrFN. The molecule has 0 fully saturated rings. The molecule has 0 aliphatic heterocycles. The lowest BCUT2D eigenvalue weighted by Crippen LogP contribution is -2.20. The Morgan fingerprint density at radius 1 is 1.47 bits per heavy atom. The maximum Gasteiger partial charge on any atom is 0.137 e. The fraction of sp³-hybridized carbons (Fsp3) is 0.429. The first-order valence-electron chi connectivity index (χ1n) is 5.88. The monoisotopic (exact) mass is 299 g/mol. The Kier molecular flexibility index (Phi) is 5.86. The van der Waals surface area contributed by atoms with E-state index in [1.807, 2.05) is 12.1 Å². The second-order valence-corrected chi connectivity index (χ2v) is 5.20. The molecule has 0 aliphatic rings. The van der Waals surface area contributed by atoms with E-state index in [-0.39, 0.29) is 11.9 Å². The zero-order valence-electron chi connectivity index (χ0n) is 10.6. The quantitative estimate of drug-likeness (QED) is 0.784. The zero-order valence-corrected chi connectivity index (χ0v) is 12.1. The molecule has 1 aromatic rings. The molecule has 94 valence electrons. The van der Waals surface area contributed by atoms with E-state index in [1.54, 1.807) is 0 Å². The number of benzene rings is 1. The number of nitrogens with one attached hydrogen (secondary N) is 1. The average Bonchev–Trinajstić information content (AvgIpc) is 2.27. The summed E-state index contributed by atoms with van der Waals surface area (Å²) in [4.78, 5) is 0. The van der Waals surface area contributed by atoms with Crippen LogP contribution in [0.1, 0.15) is 38.8 Å². The van der Waals surface area contributed by atoms with Crippen LogP contribution in [0.5, 0.6) is 0 Å². The van der Waals surface area contributed by atoms with Crippen molar-refractivity contribution in [3.05, 3.63) is 45.7 Å². The van der Waals surface area contributed by atoms with Crippen molar-refractivity contribution < 1.29 is 4.39 Å². The number of allylic oxidation sites excluding steroid dienone is 1.